The van der Waals surface area contributed by atoms with Crippen molar-refractivity contribution in [3.63, 3.8) is 0 Å². The third-order valence-corrected chi connectivity index (χ3v) is 2.28. The lowest BCUT2D eigenvalue weighted by Crippen LogP contribution is -2.25. The molecule has 0 saturated carbocycles. The maximum absolute atomic E-state index is 12.1. The first-order valence-corrected chi connectivity index (χ1v) is 4.76. The Labute approximate surface area is 96.2 Å². The third kappa shape index (κ3) is 3.03. The van der Waals surface area contributed by atoms with Crippen LogP contribution in [0.25, 0.3) is 0 Å². The summed E-state index contributed by atoms with van der Waals surface area (Å²) in [7, 11) is 2.96. The number of hydrogen-bond donors (Lipinski definition) is 1. The van der Waals surface area contributed by atoms with E-state index in [1.165, 1.54) is 23.7 Å². The highest BCUT2D eigenvalue weighted by molar-refractivity contribution is 5.64. The zero-order chi connectivity index (χ0) is 13.2. The van der Waals surface area contributed by atoms with E-state index in [1.807, 2.05) is 6.07 Å². The predicted molar refractivity (Wildman–Crippen MR) is 56.3 cm³/mol. The molecule has 0 bridgehead atoms. The summed E-state index contributed by atoms with van der Waals surface area (Å²) in [6, 6.07) is 1.83. The molecule has 0 radical (unpaired) electrons. The van der Waals surface area contributed by atoms with Crippen LogP contribution in [0.1, 0.15) is 12.0 Å². The Bertz CT molecular complexity index is 443. The van der Waals surface area contributed by atoms with Gasteiger partial charge in [-0.25, -0.2) is 4.68 Å². The van der Waals surface area contributed by atoms with E-state index in [0.29, 0.717) is 0 Å². The average Bonchev–Trinajstić information content (AvgIpc) is 2.51. The van der Waals surface area contributed by atoms with Crippen LogP contribution >= 0.6 is 0 Å². The van der Waals surface area contributed by atoms with E-state index in [0.717, 1.165) is 0 Å². The number of aryl methyl sites for hydroxylation is 1. The van der Waals surface area contributed by atoms with Gasteiger partial charge < -0.3 is 10.6 Å². The summed E-state index contributed by atoms with van der Waals surface area (Å²) in [5.41, 5.74) is 5.66. The summed E-state index contributed by atoms with van der Waals surface area (Å²) in [6.45, 7) is -0.269. The standard InChI is InChI=1S/C9H12F3N5/c1-16(4-3-9(10,11)12)8-6(5-13)7(14)17(2)15-8/h3-4,14H2,1-2H3. The van der Waals surface area contributed by atoms with Gasteiger partial charge in [-0.15, -0.1) is 0 Å². The zero-order valence-corrected chi connectivity index (χ0v) is 9.41. The number of nitrogens with zero attached hydrogens (tertiary/aromatic N) is 4. The van der Waals surface area contributed by atoms with Crippen molar-refractivity contribution in [2.24, 2.45) is 7.05 Å². The fourth-order valence-electron chi connectivity index (χ4n) is 1.30. The monoisotopic (exact) mass is 247 g/mol. The number of nitrogens with two attached hydrogens (primary N) is 1. The Morgan fingerprint density at radius 3 is 2.59 bits per heavy atom. The first kappa shape index (κ1) is 13.2. The molecule has 0 unspecified atom stereocenters. The van der Waals surface area contributed by atoms with Gasteiger partial charge in [0, 0.05) is 20.6 Å². The lowest BCUT2D eigenvalue weighted by molar-refractivity contribution is -0.132. The fraction of sp³-hybridized carbons (Fsp3) is 0.556. The fourth-order valence-corrected chi connectivity index (χ4v) is 1.30. The van der Waals surface area contributed by atoms with Crippen LogP contribution in [0.2, 0.25) is 0 Å². The molecule has 0 aromatic carbocycles. The molecular weight excluding hydrogens is 235 g/mol. The van der Waals surface area contributed by atoms with Crippen molar-refractivity contribution in [1.29, 1.82) is 5.26 Å². The summed E-state index contributed by atoms with van der Waals surface area (Å²) < 4.78 is 37.4. The van der Waals surface area contributed by atoms with Gasteiger partial charge in [0.25, 0.3) is 0 Å². The molecule has 1 aromatic rings. The molecule has 5 nitrogen and oxygen atoms in total. The Kier molecular flexibility index (Phi) is 3.50. The Hall–Kier alpha value is -1.91. The van der Waals surface area contributed by atoms with E-state index in [-0.39, 0.29) is 23.7 Å². The van der Waals surface area contributed by atoms with Gasteiger partial charge in [-0.05, 0) is 0 Å². The molecule has 0 saturated heterocycles. The van der Waals surface area contributed by atoms with E-state index < -0.39 is 12.6 Å². The lowest BCUT2D eigenvalue weighted by Gasteiger charge is -2.17. The van der Waals surface area contributed by atoms with Crippen LogP contribution in [-0.4, -0.2) is 29.5 Å². The van der Waals surface area contributed by atoms with E-state index in [9.17, 15) is 13.2 Å². The average molecular weight is 247 g/mol. The molecule has 0 fully saturated rings. The highest BCUT2D eigenvalue weighted by atomic mass is 19.4. The second kappa shape index (κ2) is 4.53. The molecule has 0 aliphatic carbocycles. The summed E-state index contributed by atoms with van der Waals surface area (Å²) >= 11 is 0. The molecule has 0 spiro atoms. The minimum Gasteiger partial charge on any atom is -0.383 e. The van der Waals surface area contributed by atoms with E-state index in [1.54, 1.807) is 0 Å². The van der Waals surface area contributed by atoms with Gasteiger partial charge in [0.2, 0.25) is 0 Å². The van der Waals surface area contributed by atoms with Crippen molar-refractivity contribution in [2.75, 3.05) is 24.2 Å². The Morgan fingerprint density at radius 2 is 2.12 bits per heavy atom. The number of nitrogen functional groups attached to an aromatic ring is 1. The second-order valence-electron chi connectivity index (χ2n) is 3.61. The SMILES string of the molecule is CN(CCC(F)(F)F)c1nn(C)c(N)c1C#N. The highest BCUT2D eigenvalue weighted by Crippen LogP contribution is 2.25. The van der Waals surface area contributed by atoms with Gasteiger partial charge in [-0.2, -0.15) is 23.5 Å². The zero-order valence-electron chi connectivity index (χ0n) is 9.41. The molecule has 0 amide bonds. The van der Waals surface area contributed by atoms with Crippen molar-refractivity contribution in [3.8, 4) is 6.07 Å². The van der Waals surface area contributed by atoms with Crippen molar-refractivity contribution in [3.05, 3.63) is 5.56 Å². The first-order valence-electron chi connectivity index (χ1n) is 4.76. The molecule has 0 aliphatic heterocycles. The van der Waals surface area contributed by atoms with Gasteiger partial charge in [-0.3, -0.25) is 0 Å². The van der Waals surface area contributed by atoms with E-state index >= 15 is 0 Å². The van der Waals surface area contributed by atoms with Gasteiger partial charge in [-0.1, -0.05) is 0 Å². The van der Waals surface area contributed by atoms with E-state index in [2.05, 4.69) is 5.10 Å². The minimum atomic E-state index is -4.23. The van der Waals surface area contributed by atoms with Crippen molar-refractivity contribution >= 4 is 11.6 Å². The van der Waals surface area contributed by atoms with Crippen molar-refractivity contribution in [2.45, 2.75) is 12.6 Å². The minimum absolute atomic E-state index is 0.0946. The van der Waals surface area contributed by atoms with Crippen LogP contribution in [0, 0.1) is 11.3 Å². The first-order chi connectivity index (χ1) is 7.76. The molecule has 94 valence electrons. The normalized spacial score (nSPS) is 11.3. The second-order valence-corrected chi connectivity index (χ2v) is 3.61. The number of anilines is 2. The van der Waals surface area contributed by atoms with Crippen LogP contribution < -0.4 is 10.6 Å². The van der Waals surface area contributed by atoms with Crippen molar-refractivity contribution < 1.29 is 13.2 Å². The van der Waals surface area contributed by atoms with Crippen LogP contribution in [0.5, 0.6) is 0 Å². The molecular formula is C9H12F3N5. The van der Waals surface area contributed by atoms with Gasteiger partial charge >= 0.3 is 6.18 Å². The Morgan fingerprint density at radius 1 is 1.53 bits per heavy atom. The summed E-state index contributed by atoms with van der Waals surface area (Å²) in [5.74, 6) is 0.304. The maximum atomic E-state index is 12.1. The number of rotatable bonds is 3. The van der Waals surface area contributed by atoms with Gasteiger partial charge in [0.15, 0.2) is 5.82 Å². The predicted octanol–water partition coefficient (Wildman–Crippen LogP) is 1.26. The molecule has 1 heterocycles. The van der Waals surface area contributed by atoms with E-state index in [4.69, 9.17) is 11.0 Å². The largest absolute Gasteiger partial charge is 0.390 e. The highest BCUT2D eigenvalue weighted by Gasteiger charge is 2.28. The quantitative estimate of drug-likeness (QED) is 0.872. The van der Waals surface area contributed by atoms with Crippen LogP contribution in [-0.2, 0) is 7.05 Å². The molecule has 2 N–H and O–H groups in total. The number of hydrogen-bond acceptors (Lipinski definition) is 4. The number of aromatic nitrogens is 2. The molecule has 1 aromatic heterocycles. The topological polar surface area (TPSA) is 70.9 Å². The van der Waals surface area contributed by atoms with Crippen LogP contribution in [0.4, 0.5) is 24.8 Å². The molecule has 0 atom stereocenters. The lowest BCUT2D eigenvalue weighted by atomic mass is 10.3. The van der Waals surface area contributed by atoms with Gasteiger partial charge in [0.05, 0.1) is 6.42 Å². The maximum Gasteiger partial charge on any atom is 0.390 e. The summed E-state index contributed by atoms with van der Waals surface area (Å²) in [5, 5.41) is 12.8. The van der Waals surface area contributed by atoms with Crippen LogP contribution in [0.3, 0.4) is 0 Å². The van der Waals surface area contributed by atoms with Gasteiger partial charge in [0.1, 0.15) is 17.5 Å². The van der Waals surface area contributed by atoms with Crippen LogP contribution in [0.15, 0.2) is 0 Å². The Balaban J connectivity index is 2.87. The van der Waals surface area contributed by atoms with Crippen molar-refractivity contribution in [1.82, 2.24) is 9.78 Å². The smallest absolute Gasteiger partial charge is 0.383 e. The number of alkyl halides is 3. The molecule has 0 aliphatic rings. The number of halogens is 3. The summed E-state index contributed by atoms with van der Waals surface area (Å²) in [6.07, 6.45) is -5.20. The number of nitriles is 1. The molecule has 1 rings (SSSR count). The molecule has 17 heavy (non-hydrogen) atoms. The third-order valence-electron chi connectivity index (χ3n) is 2.28. The summed E-state index contributed by atoms with van der Waals surface area (Å²) in [4.78, 5) is 1.27. The molecule has 8 heteroatoms.